The Labute approximate surface area is 187 Å². The quantitative estimate of drug-likeness (QED) is 0.565. The van der Waals surface area contributed by atoms with Gasteiger partial charge in [-0.25, -0.2) is 13.2 Å². The van der Waals surface area contributed by atoms with Crippen LogP contribution >= 0.6 is 11.6 Å². The maximum atomic E-state index is 12.8. The molecule has 1 N–H and O–H groups in total. The molecule has 168 valence electrons. The van der Waals surface area contributed by atoms with Crippen LogP contribution in [0.1, 0.15) is 29.8 Å². The Morgan fingerprint density at radius 1 is 1.10 bits per heavy atom. The molecule has 31 heavy (non-hydrogen) atoms. The Kier molecular flexibility index (Phi) is 8.43. The van der Waals surface area contributed by atoms with Gasteiger partial charge in [-0.15, -0.1) is 0 Å². The van der Waals surface area contributed by atoms with Crippen molar-refractivity contribution in [3.8, 4) is 5.75 Å². The summed E-state index contributed by atoms with van der Waals surface area (Å²) in [5.41, 5.74) is 1.33. The average molecular weight is 469 g/mol. The molecule has 2 aromatic carbocycles. The van der Waals surface area contributed by atoms with E-state index in [0.717, 1.165) is 11.6 Å². The predicted molar refractivity (Wildman–Crippen MR) is 118 cm³/mol. The molecular weight excluding hydrogens is 444 g/mol. The third-order valence-corrected chi connectivity index (χ3v) is 6.99. The van der Waals surface area contributed by atoms with Gasteiger partial charge in [-0.1, -0.05) is 31.5 Å². The lowest BCUT2D eigenvalue weighted by molar-refractivity contribution is -0.119. The van der Waals surface area contributed by atoms with Gasteiger partial charge < -0.3 is 14.8 Å². The average Bonchev–Trinajstić information content (AvgIpc) is 2.73. The fourth-order valence-electron chi connectivity index (χ4n) is 2.85. The second kappa shape index (κ2) is 10.6. The first-order chi connectivity index (χ1) is 14.6. The molecule has 0 aromatic heterocycles. The number of carbonyl (C=O) groups excluding carboxylic acids is 2. The fourth-order valence-corrected chi connectivity index (χ4v) is 4.81. The lowest BCUT2D eigenvalue weighted by atomic mass is 10.2. The summed E-state index contributed by atoms with van der Waals surface area (Å²) in [6.45, 7) is 5.22. The van der Waals surface area contributed by atoms with Crippen LogP contribution in [0.2, 0.25) is 5.02 Å². The minimum Gasteiger partial charge on any atom is -0.495 e. The summed E-state index contributed by atoms with van der Waals surface area (Å²) >= 11 is 6.07. The van der Waals surface area contributed by atoms with Gasteiger partial charge in [-0.05, 0) is 42.8 Å². The Hall–Kier alpha value is -2.62. The van der Waals surface area contributed by atoms with E-state index in [1.165, 1.54) is 23.5 Å². The van der Waals surface area contributed by atoms with Crippen LogP contribution in [0.5, 0.6) is 5.75 Å². The number of esters is 1. The number of amides is 1. The first-order valence-electron chi connectivity index (χ1n) is 9.55. The number of rotatable bonds is 9. The summed E-state index contributed by atoms with van der Waals surface area (Å²) in [7, 11) is -2.39. The SMILES string of the molecule is CCN(CC)S(=O)(=O)c1cc(C(=O)OCC(=O)Nc2cc(C)ccc2OC)ccc1Cl. The summed E-state index contributed by atoms with van der Waals surface area (Å²) in [5, 5.41) is 2.61. The van der Waals surface area contributed by atoms with Crippen molar-refractivity contribution < 1.29 is 27.5 Å². The molecule has 0 aliphatic carbocycles. The molecule has 8 nitrogen and oxygen atoms in total. The van der Waals surface area contributed by atoms with E-state index in [4.69, 9.17) is 21.1 Å². The molecule has 2 rings (SSSR count). The van der Waals surface area contributed by atoms with Crippen LogP contribution in [0.25, 0.3) is 0 Å². The van der Waals surface area contributed by atoms with E-state index >= 15 is 0 Å². The Balaban J connectivity index is 2.13. The Morgan fingerprint density at radius 2 is 1.77 bits per heavy atom. The van der Waals surface area contributed by atoms with Crippen molar-refractivity contribution in [1.82, 2.24) is 4.31 Å². The number of anilines is 1. The molecule has 0 saturated carbocycles. The maximum absolute atomic E-state index is 12.8. The second-order valence-electron chi connectivity index (χ2n) is 6.56. The number of hydrogen-bond donors (Lipinski definition) is 1. The van der Waals surface area contributed by atoms with E-state index in [9.17, 15) is 18.0 Å². The molecule has 0 aliphatic rings. The smallest absolute Gasteiger partial charge is 0.338 e. The zero-order valence-corrected chi connectivity index (χ0v) is 19.3. The fraction of sp³-hybridized carbons (Fsp3) is 0.333. The number of aryl methyl sites for hydroxylation is 1. The molecule has 10 heteroatoms. The van der Waals surface area contributed by atoms with E-state index in [-0.39, 0.29) is 28.6 Å². The van der Waals surface area contributed by atoms with Gasteiger partial charge in [0.2, 0.25) is 10.0 Å². The molecule has 0 spiro atoms. The summed E-state index contributed by atoms with van der Waals surface area (Å²) in [6, 6.07) is 9.07. The van der Waals surface area contributed by atoms with Crippen molar-refractivity contribution >= 4 is 39.2 Å². The molecule has 0 bridgehead atoms. The topological polar surface area (TPSA) is 102 Å². The van der Waals surface area contributed by atoms with Crippen molar-refractivity contribution in [3.63, 3.8) is 0 Å². The van der Waals surface area contributed by atoms with Crippen LogP contribution in [0.3, 0.4) is 0 Å². The van der Waals surface area contributed by atoms with Crippen LogP contribution in [-0.2, 0) is 19.6 Å². The third-order valence-electron chi connectivity index (χ3n) is 4.45. The normalized spacial score (nSPS) is 11.3. The van der Waals surface area contributed by atoms with E-state index < -0.39 is 28.5 Å². The van der Waals surface area contributed by atoms with Crippen LogP contribution in [0.15, 0.2) is 41.3 Å². The maximum Gasteiger partial charge on any atom is 0.338 e. The van der Waals surface area contributed by atoms with Crippen LogP contribution < -0.4 is 10.1 Å². The molecule has 0 atom stereocenters. The molecule has 0 fully saturated rings. The van der Waals surface area contributed by atoms with Gasteiger partial charge in [-0.2, -0.15) is 4.31 Å². The lowest BCUT2D eigenvalue weighted by Crippen LogP contribution is -2.31. The number of halogens is 1. The Bertz CT molecular complexity index is 1070. The number of hydrogen-bond acceptors (Lipinski definition) is 6. The predicted octanol–water partition coefficient (Wildman–Crippen LogP) is 3.48. The largest absolute Gasteiger partial charge is 0.495 e. The minimum absolute atomic E-state index is 0.00673. The standard InChI is InChI=1S/C21H25ClN2O6S/c1-5-24(6-2)31(27,28)19-12-15(8-9-16(19)22)21(26)30-13-20(25)23-17-11-14(3)7-10-18(17)29-4/h7-12H,5-6,13H2,1-4H3,(H,23,25). The van der Waals surface area contributed by atoms with Gasteiger partial charge in [0.1, 0.15) is 10.6 Å². The van der Waals surface area contributed by atoms with Crippen LogP contribution in [-0.4, -0.2) is 51.4 Å². The highest BCUT2D eigenvalue weighted by Crippen LogP contribution is 2.27. The molecule has 1 amide bonds. The van der Waals surface area contributed by atoms with Crippen molar-refractivity contribution in [1.29, 1.82) is 0 Å². The zero-order chi connectivity index (χ0) is 23.2. The first kappa shape index (κ1) is 24.6. The van der Waals surface area contributed by atoms with Crippen molar-refractivity contribution in [3.05, 3.63) is 52.5 Å². The molecule has 0 unspecified atom stereocenters. The van der Waals surface area contributed by atoms with Crippen LogP contribution in [0, 0.1) is 6.92 Å². The number of benzene rings is 2. The van der Waals surface area contributed by atoms with Gasteiger partial charge in [0.25, 0.3) is 5.91 Å². The second-order valence-corrected chi connectivity index (χ2v) is 8.88. The Morgan fingerprint density at radius 3 is 2.39 bits per heavy atom. The number of nitrogens with zero attached hydrogens (tertiary/aromatic N) is 1. The summed E-state index contributed by atoms with van der Waals surface area (Å²) in [4.78, 5) is 24.4. The lowest BCUT2D eigenvalue weighted by Gasteiger charge is -2.19. The van der Waals surface area contributed by atoms with E-state index in [1.807, 2.05) is 13.0 Å². The van der Waals surface area contributed by atoms with E-state index in [0.29, 0.717) is 11.4 Å². The molecule has 0 aliphatic heterocycles. The number of carbonyl (C=O) groups is 2. The number of ether oxygens (including phenoxy) is 2. The van der Waals surface area contributed by atoms with Gasteiger partial charge in [-0.3, -0.25) is 4.79 Å². The number of sulfonamides is 1. The van der Waals surface area contributed by atoms with Gasteiger partial charge in [0.05, 0.1) is 23.4 Å². The van der Waals surface area contributed by atoms with Gasteiger partial charge >= 0.3 is 5.97 Å². The minimum atomic E-state index is -3.87. The summed E-state index contributed by atoms with van der Waals surface area (Å²) < 4.78 is 37.0. The van der Waals surface area contributed by atoms with E-state index in [2.05, 4.69) is 5.32 Å². The zero-order valence-electron chi connectivity index (χ0n) is 17.8. The first-order valence-corrected chi connectivity index (χ1v) is 11.4. The monoisotopic (exact) mass is 468 g/mol. The molecule has 0 heterocycles. The third kappa shape index (κ3) is 5.96. The van der Waals surface area contributed by atoms with Gasteiger partial charge in [0.15, 0.2) is 6.61 Å². The van der Waals surface area contributed by atoms with Crippen molar-refractivity contribution in [2.24, 2.45) is 0 Å². The summed E-state index contributed by atoms with van der Waals surface area (Å²) in [5.74, 6) is -0.949. The molecule has 2 aromatic rings. The van der Waals surface area contributed by atoms with Crippen molar-refractivity contribution in [2.75, 3.05) is 32.1 Å². The molecule has 0 radical (unpaired) electrons. The van der Waals surface area contributed by atoms with Gasteiger partial charge in [0, 0.05) is 13.1 Å². The molecule has 0 saturated heterocycles. The van der Waals surface area contributed by atoms with Crippen molar-refractivity contribution in [2.45, 2.75) is 25.7 Å². The van der Waals surface area contributed by atoms with E-state index in [1.54, 1.807) is 26.0 Å². The molecular formula is C21H25ClN2O6S. The highest BCUT2D eigenvalue weighted by atomic mass is 35.5. The number of methoxy groups -OCH3 is 1. The summed E-state index contributed by atoms with van der Waals surface area (Å²) in [6.07, 6.45) is 0. The highest BCUT2D eigenvalue weighted by Gasteiger charge is 2.26. The van der Waals surface area contributed by atoms with Crippen LogP contribution in [0.4, 0.5) is 5.69 Å². The highest BCUT2D eigenvalue weighted by molar-refractivity contribution is 7.89. The number of nitrogens with one attached hydrogen (secondary N) is 1.